The lowest BCUT2D eigenvalue weighted by Gasteiger charge is -2.38. The minimum absolute atomic E-state index is 0.228. The summed E-state index contributed by atoms with van der Waals surface area (Å²) in [5.41, 5.74) is 0.974. The predicted molar refractivity (Wildman–Crippen MR) is 108 cm³/mol. The summed E-state index contributed by atoms with van der Waals surface area (Å²) in [7, 11) is 1.46. The molecule has 29 heavy (non-hydrogen) atoms. The van der Waals surface area contributed by atoms with Crippen LogP contribution in [0.15, 0.2) is 18.2 Å². The summed E-state index contributed by atoms with van der Waals surface area (Å²) in [6.07, 6.45) is 0.487. The number of ether oxygens (including phenoxy) is 4. The van der Waals surface area contributed by atoms with Crippen molar-refractivity contribution in [1.29, 1.82) is 0 Å². The van der Waals surface area contributed by atoms with E-state index in [4.69, 9.17) is 31.2 Å². The molecule has 3 fully saturated rings. The fourth-order valence-corrected chi connectivity index (χ4v) is 3.99. The maximum atomic E-state index is 14.9. The van der Waals surface area contributed by atoms with Crippen LogP contribution in [0, 0.1) is 5.82 Å². The molecule has 1 spiro atoms. The van der Waals surface area contributed by atoms with Gasteiger partial charge in [-0.05, 0) is 30.4 Å². The minimum Gasteiger partial charge on any atom is -0.474 e. The summed E-state index contributed by atoms with van der Waals surface area (Å²) < 4.78 is 36.5. The van der Waals surface area contributed by atoms with Gasteiger partial charge < -0.3 is 29.2 Å². The van der Waals surface area contributed by atoms with E-state index in [1.807, 2.05) is 4.90 Å². The topological polar surface area (TPSA) is 72.5 Å². The van der Waals surface area contributed by atoms with Gasteiger partial charge in [-0.15, -0.1) is 0 Å². The Labute approximate surface area is 173 Å². The van der Waals surface area contributed by atoms with E-state index in [0.29, 0.717) is 63.6 Å². The Kier molecular flexibility index (Phi) is 5.75. The van der Waals surface area contributed by atoms with Crippen molar-refractivity contribution in [2.75, 3.05) is 56.3 Å². The lowest BCUT2D eigenvalue weighted by Crippen LogP contribution is -2.45. The molecule has 0 aliphatic carbocycles. The third-order valence-electron chi connectivity index (χ3n) is 5.46. The summed E-state index contributed by atoms with van der Waals surface area (Å²) in [5.74, 6) is -0.873. The molecule has 3 saturated heterocycles. The first-order chi connectivity index (χ1) is 14.0. The summed E-state index contributed by atoms with van der Waals surface area (Å²) in [5, 5.41) is 3.08. The summed E-state index contributed by atoms with van der Waals surface area (Å²) >= 11 is 4.91. The van der Waals surface area contributed by atoms with Crippen LogP contribution in [0.4, 0.5) is 20.6 Å². The highest BCUT2D eigenvalue weighted by atomic mass is 32.1. The lowest BCUT2D eigenvalue weighted by molar-refractivity contribution is -0.169. The van der Waals surface area contributed by atoms with Crippen LogP contribution in [0.5, 0.6) is 0 Å². The van der Waals surface area contributed by atoms with Crippen LogP contribution in [0.2, 0.25) is 0 Å². The summed E-state index contributed by atoms with van der Waals surface area (Å²) in [6.45, 7) is 3.16. The monoisotopic (exact) mass is 425 g/mol. The largest absolute Gasteiger partial charge is 0.474 e. The van der Waals surface area contributed by atoms with Gasteiger partial charge in [0.1, 0.15) is 11.9 Å². The van der Waals surface area contributed by atoms with Gasteiger partial charge >= 0.3 is 6.09 Å². The van der Waals surface area contributed by atoms with Crippen molar-refractivity contribution in [2.24, 2.45) is 0 Å². The third kappa shape index (κ3) is 4.24. The third-order valence-corrected chi connectivity index (χ3v) is 5.77. The number of nitrogens with zero attached hydrogens (tertiary/aromatic N) is 2. The standard InChI is InChI=1S/C19H24FN3O5S/c1-25-17(29)21-11-14-12-23(18(24)28-14)13-2-3-16(15(20)10-13)22-6-4-19(5-7-22)26-8-9-27-19/h2-3,10,14H,4-9,11-12H2,1H3,(H,21,29)/t14-/m0/s1. The van der Waals surface area contributed by atoms with E-state index in [-0.39, 0.29) is 11.0 Å². The Balaban J connectivity index is 1.38. The number of benzene rings is 1. The molecule has 3 aliphatic heterocycles. The van der Waals surface area contributed by atoms with E-state index in [0.717, 1.165) is 0 Å². The number of thiocarbonyl (C=S) groups is 1. The van der Waals surface area contributed by atoms with E-state index < -0.39 is 18.0 Å². The number of nitrogens with one attached hydrogen (secondary N) is 1. The zero-order chi connectivity index (χ0) is 20.4. The number of cyclic esters (lactones) is 1. The molecule has 8 nitrogen and oxygen atoms in total. The molecule has 1 N–H and O–H groups in total. The van der Waals surface area contributed by atoms with Crippen LogP contribution in [-0.2, 0) is 18.9 Å². The van der Waals surface area contributed by atoms with Crippen molar-refractivity contribution in [3.05, 3.63) is 24.0 Å². The molecule has 1 aromatic carbocycles. The zero-order valence-corrected chi connectivity index (χ0v) is 17.0. The molecular weight excluding hydrogens is 401 g/mol. The van der Waals surface area contributed by atoms with Gasteiger partial charge in [-0.25, -0.2) is 9.18 Å². The maximum Gasteiger partial charge on any atom is 0.414 e. The molecule has 1 atom stereocenters. The molecule has 0 saturated carbocycles. The van der Waals surface area contributed by atoms with E-state index in [2.05, 4.69) is 5.32 Å². The highest BCUT2D eigenvalue weighted by Crippen LogP contribution is 2.35. The van der Waals surface area contributed by atoms with Crippen molar-refractivity contribution < 1.29 is 28.1 Å². The molecule has 1 aromatic rings. The summed E-state index contributed by atoms with van der Waals surface area (Å²) in [6, 6.07) is 4.82. The summed E-state index contributed by atoms with van der Waals surface area (Å²) in [4.78, 5) is 15.6. The van der Waals surface area contributed by atoms with Gasteiger partial charge in [-0.2, -0.15) is 0 Å². The number of hydrogen-bond acceptors (Lipinski definition) is 7. The van der Waals surface area contributed by atoms with Crippen molar-refractivity contribution >= 4 is 34.9 Å². The van der Waals surface area contributed by atoms with Crippen LogP contribution in [0.25, 0.3) is 0 Å². The van der Waals surface area contributed by atoms with Crippen molar-refractivity contribution in [3.8, 4) is 0 Å². The SMILES string of the molecule is COC(=S)NC[C@H]1CN(c2ccc(N3CCC4(CC3)OCCO4)c(F)c2)C(=O)O1. The van der Waals surface area contributed by atoms with Gasteiger partial charge in [0.05, 0.1) is 44.8 Å². The molecule has 0 radical (unpaired) electrons. The Hall–Kier alpha value is -2.17. The van der Waals surface area contributed by atoms with E-state index in [1.54, 1.807) is 12.1 Å². The highest BCUT2D eigenvalue weighted by Gasteiger charge is 2.40. The first-order valence-electron chi connectivity index (χ1n) is 9.62. The van der Waals surface area contributed by atoms with Crippen LogP contribution < -0.4 is 15.1 Å². The molecule has 0 aromatic heterocycles. The van der Waals surface area contributed by atoms with Crippen molar-refractivity contribution in [3.63, 3.8) is 0 Å². The van der Waals surface area contributed by atoms with Crippen molar-refractivity contribution in [2.45, 2.75) is 24.7 Å². The van der Waals surface area contributed by atoms with Gasteiger partial charge in [-0.1, -0.05) is 0 Å². The van der Waals surface area contributed by atoms with Crippen LogP contribution in [-0.4, -0.2) is 69.7 Å². The van der Waals surface area contributed by atoms with Gasteiger partial charge in [0, 0.05) is 25.9 Å². The second kappa shape index (κ2) is 8.29. The van der Waals surface area contributed by atoms with Gasteiger partial charge in [0.25, 0.3) is 5.17 Å². The molecule has 10 heteroatoms. The quantitative estimate of drug-likeness (QED) is 0.735. The number of rotatable bonds is 4. The second-order valence-electron chi connectivity index (χ2n) is 7.22. The molecular formula is C19H24FN3O5S. The van der Waals surface area contributed by atoms with Crippen molar-refractivity contribution in [1.82, 2.24) is 5.32 Å². The van der Waals surface area contributed by atoms with Crippen LogP contribution in [0.1, 0.15) is 12.8 Å². The van der Waals surface area contributed by atoms with E-state index in [9.17, 15) is 9.18 Å². The number of carbonyl (C=O) groups excluding carboxylic acids is 1. The molecule has 3 aliphatic rings. The first-order valence-corrected chi connectivity index (χ1v) is 10.0. The number of halogens is 1. The molecule has 1 amide bonds. The number of anilines is 2. The number of amides is 1. The fraction of sp³-hybridized carbons (Fsp3) is 0.579. The van der Waals surface area contributed by atoms with Gasteiger partial charge in [-0.3, -0.25) is 4.90 Å². The second-order valence-corrected chi connectivity index (χ2v) is 7.59. The van der Waals surface area contributed by atoms with E-state index >= 15 is 0 Å². The molecule has 3 heterocycles. The maximum absolute atomic E-state index is 14.9. The first kappa shape index (κ1) is 20.1. The fourth-order valence-electron chi connectivity index (χ4n) is 3.90. The Bertz CT molecular complexity index is 779. The normalized spacial score (nSPS) is 23.4. The van der Waals surface area contributed by atoms with Crippen LogP contribution in [0.3, 0.4) is 0 Å². The molecule has 0 bridgehead atoms. The number of methoxy groups -OCH3 is 1. The molecule has 158 valence electrons. The Morgan fingerprint density at radius 3 is 2.72 bits per heavy atom. The average Bonchev–Trinajstić information content (AvgIpc) is 3.33. The van der Waals surface area contributed by atoms with E-state index in [1.165, 1.54) is 18.1 Å². The zero-order valence-electron chi connectivity index (χ0n) is 16.2. The number of carbonyl (C=O) groups is 1. The average molecular weight is 425 g/mol. The van der Waals surface area contributed by atoms with Gasteiger partial charge in [0.15, 0.2) is 5.79 Å². The number of hydrogen-bond donors (Lipinski definition) is 1. The smallest absolute Gasteiger partial charge is 0.414 e. The minimum atomic E-state index is -0.511. The predicted octanol–water partition coefficient (Wildman–Crippen LogP) is 2.02. The van der Waals surface area contributed by atoms with Gasteiger partial charge in [0.2, 0.25) is 0 Å². The highest BCUT2D eigenvalue weighted by molar-refractivity contribution is 7.80. The van der Waals surface area contributed by atoms with Crippen LogP contribution >= 0.6 is 12.2 Å². The number of piperidine rings is 1. The Morgan fingerprint density at radius 2 is 2.07 bits per heavy atom. The Morgan fingerprint density at radius 1 is 1.34 bits per heavy atom. The molecule has 0 unspecified atom stereocenters. The lowest BCUT2D eigenvalue weighted by atomic mass is 10.0. The molecule has 4 rings (SSSR count).